The smallest absolute Gasteiger partial charge is 0.214 e. The molecule has 92 valence electrons. The van der Waals surface area contributed by atoms with Crippen LogP contribution in [0.4, 0.5) is 5.82 Å². The Bertz CT molecular complexity index is 396. The third-order valence-electron chi connectivity index (χ3n) is 3.87. The lowest BCUT2D eigenvalue weighted by Crippen LogP contribution is -2.33. The van der Waals surface area contributed by atoms with E-state index in [1.165, 1.54) is 32.4 Å². The average Bonchev–Trinajstić information content (AvgIpc) is 2.94. The van der Waals surface area contributed by atoms with Gasteiger partial charge in [0.05, 0.1) is 7.11 Å². The van der Waals surface area contributed by atoms with Gasteiger partial charge in [0.25, 0.3) is 0 Å². The van der Waals surface area contributed by atoms with Crippen molar-refractivity contribution in [1.29, 1.82) is 0 Å². The predicted molar refractivity (Wildman–Crippen MR) is 67.4 cm³/mol. The Labute approximate surface area is 102 Å². The van der Waals surface area contributed by atoms with Crippen molar-refractivity contribution in [3.63, 3.8) is 0 Å². The molecule has 4 heteroatoms. The number of methoxy groups -OCH3 is 1. The van der Waals surface area contributed by atoms with E-state index in [4.69, 9.17) is 4.74 Å². The maximum atomic E-state index is 5.14. The molecule has 2 atom stereocenters. The Kier molecular flexibility index (Phi) is 2.89. The highest BCUT2D eigenvalue weighted by Crippen LogP contribution is 2.29. The summed E-state index contributed by atoms with van der Waals surface area (Å²) in [5, 5.41) is 3.55. The summed E-state index contributed by atoms with van der Waals surface area (Å²) >= 11 is 0. The number of nitrogens with zero attached hydrogens (tertiary/aromatic N) is 2. The first-order valence-corrected chi connectivity index (χ1v) is 6.38. The molecule has 0 spiro atoms. The molecular weight excluding hydrogens is 214 g/mol. The normalized spacial score (nSPS) is 28.1. The third-order valence-corrected chi connectivity index (χ3v) is 3.87. The van der Waals surface area contributed by atoms with Crippen LogP contribution in [0.3, 0.4) is 0 Å². The molecule has 17 heavy (non-hydrogen) atoms. The van der Waals surface area contributed by atoms with Gasteiger partial charge in [0.1, 0.15) is 5.82 Å². The number of anilines is 1. The van der Waals surface area contributed by atoms with Crippen molar-refractivity contribution >= 4 is 5.82 Å². The fourth-order valence-electron chi connectivity index (χ4n) is 3.05. The van der Waals surface area contributed by atoms with E-state index in [1.807, 2.05) is 18.2 Å². The summed E-state index contributed by atoms with van der Waals surface area (Å²) in [4.78, 5) is 7.01. The monoisotopic (exact) mass is 233 g/mol. The molecule has 2 aliphatic rings. The van der Waals surface area contributed by atoms with E-state index in [2.05, 4.69) is 15.2 Å². The number of aromatic nitrogens is 1. The molecule has 0 radical (unpaired) electrons. The van der Waals surface area contributed by atoms with Gasteiger partial charge in [-0.05, 0) is 31.9 Å². The van der Waals surface area contributed by atoms with Crippen molar-refractivity contribution in [1.82, 2.24) is 9.88 Å². The molecule has 2 saturated heterocycles. The van der Waals surface area contributed by atoms with E-state index in [0.717, 1.165) is 5.82 Å². The molecule has 1 N–H and O–H groups in total. The van der Waals surface area contributed by atoms with Crippen LogP contribution in [0.1, 0.15) is 19.3 Å². The molecule has 1 aromatic rings. The summed E-state index contributed by atoms with van der Waals surface area (Å²) < 4.78 is 5.14. The van der Waals surface area contributed by atoms with E-state index >= 15 is 0 Å². The molecular formula is C13H19N3O. The van der Waals surface area contributed by atoms with Crippen LogP contribution in [0.2, 0.25) is 0 Å². The van der Waals surface area contributed by atoms with E-state index in [9.17, 15) is 0 Å². The number of fused-ring (bicyclic) bond motifs is 1. The standard InChI is InChI=1S/C13H19N3O/c1-17-13-6-2-5-12(15-13)14-10-7-9-16-8-3-4-11(10)16/h2,5-6,10-11H,3-4,7-9H2,1H3,(H,14,15). The zero-order chi connectivity index (χ0) is 11.7. The van der Waals surface area contributed by atoms with Crippen molar-refractivity contribution in [2.24, 2.45) is 0 Å². The van der Waals surface area contributed by atoms with Crippen molar-refractivity contribution < 1.29 is 4.74 Å². The SMILES string of the molecule is COc1cccc(NC2CCN3CCCC23)n1. The van der Waals surface area contributed by atoms with Gasteiger partial charge in [0, 0.05) is 24.7 Å². The number of hydrogen-bond donors (Lipinski definition) is 1. The lowest BCUT2D eigenvalue weighted by atomic mass is 10.1. The van der Waals surface area contributed by atoms with E-state index in [1.54, 1.807) is 7.11 Å². The van der Waals surface area contributed by atoms with E-state index in [0.29, 0.717) is 18.0 Å². The summed E-state index contributed by atoms with van der Waals surface area (Å²) in [6.07, 6.45) is 3.89. The molecule has 4 nitrogen and oxygen atoms in total. The highest BCUT2D eigenvalue weighted by Gasteiger charge is 2.37. The lowest BCUT2D eigenvalue weighted by Gasteiger charge is -2.21. The molecule has 2 aliphatic heterocycles. The molecule has 0 aromatic carbocycles. The summed E-state index contributed by atoms with van der Waals surface area (Å²) in [5.41, 5.74) is 0. The molecule has 3 heterocycles. The molecule has 2 unspecified atom stereocenters. The van der Waals surface area contributed by atoms with Gasteiger partial charge >= 0.3 is 0 Å². The van der Waals surface area contributed by atoms with Crippen molar-refractivity contribution in [3.8, 4) is 5.88 Å². The lowest BCUT2D eigenvalue weighted by molar-refractivity contribution is 0.318. The number of ether oxygens (including phenoxy) is 1. The van der Waals surface area contributed by atoms with E-state index in [-0.39, 0.29) is 0 Å². The van der Waals surface area contributed by atoms with Crippen LogP contribution >= 0.6 is 0 Å². The second kappa shape index (κ2) is 4.53. The van der Waals surface area contributed by atoms with E-state index < -0.39 is 0 Å². The molecule has 0 saturated carbocycles. The Morgan fingerprint density at radius 3 is 3.18 bits per heavy atom. The van der Waals surface area contributed by atoms with Crippen molar-refractivity contribution in [2.75, 3.05) is 25.5 Å². The van der Waals surface area contributed by atoms with Crippen LogP contribution in [0.25, 0.3) is 0 Å². The highest BCUT2D eigenvalue weighted by atomic mass is 16.5. The van der Waals surface area contributed by atoms with Gasteiger partial charge in [-0.2, -0.15) is 4.98 Å². The Balaban J connectivity index is 1.70. The summed E-state index contributed by atoms with van der Waals surface area (Å²) in [7, 11) is 1.65. The highest BCUT2D eigenvalue weighted by molar-refractivity contribution is 5.39. The molecule has 0 amide bonds. The summed E-state index contributed by atoms with van der Waals surface area (Å²) in [6, 6.07) is 7.14. The minimum absolute atomic E-state index is 0.553. The van der Waals surface area contributed by atoms with Gasteiger partial charge in [-0.15, -0.1) is 0 Å². The van der Waals surface area contributed by atoms with Crippen molar-refractivity contribution in [3.05, 3.63) is 18.2 Å². The number of hydrogen-bond acceptors (Lipinski definition) is 4. The first-order chi connectivity index (χ1) is 8.36. The second-order valence-corrected chi connectivity index (χ2v) is 4.85. The minimum Gasteiger partial charge on any atom is -0.481 e. The topological polar surface area (TPSA) is 37.4 Å². The zero-order valence-electron chi connectivity index (χ0n) is 10.2. The van der Waals surface area contributed by atoms with Crippen LogP contribution in [-0.4, -0.2) is 42.2 Å². The molecule has 0 bridgehead atoms. The van der Waals surface area contributed by atoms with Crippen LogP contribution in [0.5, 0.6) is 5.88 Å². The predicted octanol–water partition coefficient (Wildman–Crippen LogP) is 1.74. The first kappa shape index (κ1) is 10.8. The fraction of sp³-hybridized carbons (Fsp3) is 0.615. The van der Waals surface area contributed by atoms with Gasteiger partial charge in [0.2, 0.25) is 5.88 Å². The Morgan fingerprint density at radius 2 is 2.29 bits per heavy atom. The summed E-state index contributed by atoms with van der Waals surface area (Å²) in [6.45, 7) is 2.50. The molecule has 3 rings (SSSR count). The van der Waals surface area contributed by atoms with Crippen LogP contribution in [-0.2, 0) is 0 Å². The summed E-state index contributed by atoms with van der Waals surface area (Å²) in [5.74, 6) is 1.61. The average molecular weight is 233 g/mol. The van der Waals surface area contributed by atoms with Gasteiger partial charge in [-0.3, -0.25) is 4.90 Å². The zero-order valence-corrected chi connectivity index (χ0v) is 10.2. The maximum absolute atomic E-state index is 5.14. The Morgan fingerprint density at radius 1 is 1.35 bits per heavy atom. The van der Waals surface area contributed by atoms with Gasteiger partial charge in [-0.25, -0.2) is 0 Å². The molecule has 2 fully saturated rings. The number of rotatable bonds is 3. The maximum Gasteiger partial charge on any atom is 0.214 e. The molecule has 1 aromatic heterocycles. The molecule has 0 aliphatic carbocycles. The van der Waals surface area contributed by atoms with Gasteiger partial charge in [0.15, 0.2) is 0 Å². The van der Waals surface area contributed by atoms with Gasteiger partial charge in [-0.1, -0.05) is 6.07 Å². The third kappa shape index (κ3) is 2.09. The quantitative estimate of drug-likeness (QED) is 0.863. The fourth-order valence-corrected chi connectivity index (χ4v) is 3.05. The largest absolute Gasteiger partial charge is 0.481 e. The minimum atomic E-state index is 0.553. The van der Waals surface area contributed by atoms with Crippen molar-refractivity contribution in [2.45, 2.75) is 31.3 Å². The van der Waals surface area contributed by atoms with Gasteiger partial charge < -0.3 is 10.1 Å². The Hall–Kier alpha value is -1.29. The first-order valence-electron chi connectivity index (χ1n) is 6.38. The van der Waals surface area contributed by atoms with Crippen LogP contribution in [0.15, 0.2) is 18.2 Å². The number of nitrogens with one attached hydrogen (secondary N) is 1. The number of pyridine rings is 1. The second-order valence-electron chi connectivity index (χ2n) is 4.85. The van der Waals surface area contributed by atoms with Crippen LogP contribution < -0.4 is 10.1 Å². The van der Waals surface area contributed by atoms with Crippen LogP contribution in [0, 0.1) is 0 Å².